The molecule has 1 aliphatic heterocycles. The van der Waals surface area contributed by atoms with Gasteiger partial charge in [-0.15, -0.1) is 0 Å². The standard InChI is InChI=1S/C21H33N3O2/c1-15(2)16-7-9-18(10-8-16)26-14-20-19(22)6-4-12-24(20)21(25)17-5-3-11-23-13-17/h3,5,11,13,15-16,18-20H,4,6-10,12,14,22H2,1-2H3/t16?,18?,19-,20-/m0/s1. The summed E-state index contributed by atoms with van der Waals surface area (Å²) >= 11 is 0. The summed E-state index contributed by atoms with van der Waals surface area (Å²) < 4.78 is 6.25. The molecule has 0 bridgehead atoms. The number of rotatable bonds is 5. The molecule has 2 fully saturated rings. The number of ether oxygens (including phenoxy) is 1. The summed E-state index contributed by atoms with van der Waals surface area (Å²) in [6.07, 6.45) is 10.3. The Morgan fingerprint density at radius 3 is 2.73 bits per heavy atom. The van der Waals surface area contributed by atoms with Crippen LogP contribution in [0, 0.1) is 11.8 Å². The minimum Gasteiger partial charge on any atom is -0.376 e. The number of aromatic nitrogens is 1. The van der Waals surface area contributed by atoms with Gasteiger partial charge in [-0.2, -0.15) is 0 Å². The van der Waals surface area contributed by atoms with Gasteiger partial charge in [-0.05, 0) is 62.5 Å². The summed E-state index contributed by atoms with van der Waals surface area (Å²) in [5.41, 5.74) is 7.00. The first-order valence-corrected chi connectivity index (χ1v) is 10.1. The molecule has 1 saturated carbocycles. The first-order chi connectivity index (χ1) is 12.6. The maximum absolute atomic E-state index is 12.9. The molecule has 2 heterocycles. The molecule has 2 atom stereocenters. The third-order valence-electron chi connectivity index (χ3n) is 6.16. The molecule has 5 heteroatoms. The highest BCUT2D eigenvalue weighted by molar-refractivity contribution is 5.94. The lowest BCUT2D eigenvalue weighted by Gasteiger charge is -2.41. The minimum atomic E-state index is -0.0423. The fourth-order valence-electron chi connectivity index (χ4n) is 4.36. The molecule has 0 aromatic carbocycles. The summed E-state index contributed by atoms with van der Waals surface area (Å²) in [4.78, 5) is 18.9. The lowest BCUT2D eigenvalue weighted by Crippen LogP contribution is -2.56. The second-order valence-electron chi connectivity index (χ2n) is 8.23. The fraction of sp³-hybridized carbons (Fsp3) is 0.714. The highest BCUT2D eigenvalue weighted by Gasteiger charge is 2.34. The zero-order chi connectivity index (χ0) is 18.5. The van der Waals surface area contributed by atoms with Gasteiger partial charge in [0.2, 0.25) is 0 Å². The predicted octanol–water partition coefficient (Wildman–Crippen LogP) is 3.24. The first-order valence-electron chi connectivity index (χ1n) is 10.1. The Labute approximate surface area is 157 Å². The van der Waals surface area contributed by atoms with Crippen LogP contribution in [0.4, 0.5) is 0 Å². The number of amides is 1. The molecular formula is C21H33N3O2. The van der Waals surface area contributed by atoms with E-state index in [2.05, 4.69) is 18.8 Å². The van der Waals surface area contributed by atoms with E-state index < -0.39 is 0 Å². The van der Waals surface area contributed by atoms with E-state index in [9.17, 15) is 4.79 Å². The molecule has 1 aromatic heterocycles. The molecule has 0 unspecified atom stereocenters. The Morgan fingerprint density at radius 2 is 2.08 bits per heavy atom. The van der Waals surface area contributed by atoms with Gasteiger partial charge >= 0.3 is 0 Å². The molecule has 1 aromatic rings. The third-order valence-corrected chi connectivity index (χ3v) is 6.16. The van der Waals surface area contributed by atoms with Gasteiger partial charge in [-0.3, -0.25) is 9.78 Å². The molecule has 1 saturated heterocycles. The van der Waals surface area contributed by atoms with Crippen molar-refractivity contribution in [2.45, 2.75) is 70.6 Å². The van der Waals surface area contributed by atoms with Gasteiger partial charge in [0.05, 0.1) is 24.3 Å². The van der Waals surface area contributed by atoms with E-state index in [1.165, 1.54) is 12.8 Å². The van der Waals surface area contributed by atoms with Crippen molar-refractivity contribution in [1.82, 2.24) is 9.88 Å². The number of piperidine rings is 1. The molecule has 5 nitrogen and oxygen atoms in total. The summed E-state index contributed by atoms with van der Waals surface area (Å²) in [6.45, 7) is 5.92. The van der Waals surface area contributed by atoms with E-state index in [1.807, 2.05) is 11.0 Å². The summed E-state index contributed by atoms with van der Waals surface area (Å²) in [6, 6.07) is 3.56. The highest BCUT2D eigenvalue weighted by Crippen LogP contribution is 2.31. The zero-order valence-corrected chi connectivity index (χ0v) is 16.1. The van der Waals surface area contributed by atoms with Crippen LogP contribution in [-0.2, 0) is 4.74 Å². The smallest absolute Gasteiger partial charge is 0.255 e. The van der Waals surface area contributed by atoms with Gasteiger partial charge in [0.15, 0.2) is 0 Å². The summed E-state index contributed by atoms with van der Waals surface area (Å²) in [7, 11) is 0. The summed E-state index contributed by atoms with van der Waals surface area (Å²) in [5.74, 6) is 1.61. The van der Waals surface area contributed by atoms with Crippen molar-refractivity contribution >= 4 is 5.91 Å². The van der Waals surface area contributed by atoms with Crippen LogP contribution in [0.3, 0.4) is 0 Å². The van der Waals surface area contributed by atoms with Gasteiger partial charge in [-0.25, -0.2) is 0 Å². The SMILES string of the molecule is CC(C)C1CCC(OC[C@H]2[C@@H](N)CCCN2C(=O)c2cccnc2)CC1. The number of nitrogens with two attached hydrogens (primary N) is 1. The molecule has 144 valence electrons. The third kappa shape index (κ3) is 4.63. The van der Waals surface area contributed by atoms with Crippen molar-refractivity contribution in [1.29, 1.82) is 0 Å². The normalized spacial score (nSPS) is 29.8. The van der Waals surface area contributed by atoms with Crippen molar-refractivity contribution in [2.75, 3.05) is 13.2 Å². The Hall–Kier alpha value is -1.46. The highest BCUT2D eigenvalue weighted by atomic mass is 16.5. The van der Waals surface area contributed by atoms with Crippen LogP contribution in [0.5, 0.6) is 0 Å². The molecule has 0 spiro atoms. The van der Waals surface area contributed by atoms with Crippen LogP contribution in [0.25, 0.3) is 0 Å². The Kier molecular flexibility index (Phi) is 6.65. The lowest BCUT2D eigenvalue weighted by atomic mass is 9.80. The molecule has 2 N–H and O–H groups in total. The molecule has 26 heavy (non-hydrogen) atoms. The van der Waals surface area contributed by atoms with Crippen LogP contribution in [0.15, 0.2) is 24.5 Å². The second-order valence-corrected chi connectivity index (χ2v) is 8.23. The van der Waals surface area contributed by atoms with Gasteiger partial charge in [0, 0.05) is 25.0 Å². The fourth-order valence-corrected chi connectivity index (χ4v) is 4.36. The van der Waals surface area contributed by atoms with E-state index in [4.69, 9.17) is 10.5 Å². The molecule has 2 aliphatic rings. The monoisotopic (exact) mass is 359 g/mol. The van der Waals surface area contributed by atoms with Crippen molar-refractivity contribution in [3.8, 4) is 0 Å². The molecular weight excluding hydrogens is 326 g/mol. The van der Waals surface area contributed by atoms with E-state index in [1.54, 1.807) is 18.5 Å². The van der Waals surface area contributed by atoms with Crippen molar-refractivity contribution in [2.24, 2.45) is 17.6 Å². The predicted molar refractivity (Wildman–Crippen MR) is 103 cm³/mol. The van der Waals surface area contributed by atoms with Gasteiger partial charge in [-0.1, -0.05) is 13.8 Å². The van der Waals surface area contributed by atoms with E-state index >= 15 is 0 Å². The Bertz CT molecular complexity index is 570. The van der Waals surface area contributed by atoms with Crippen LogP contribution < -0.4 is 5.73 Å². The van der Waals surface area contributed by atoms with Gasteiger partial charge in [0.25, 0.3) is 5.91 Å². The maximum Gasteiger partial charge on any atom is 0.255 e. The topological polar surface area (TPSA) is 68.5 Å². The number of carbonyl (C=O) groups is 1. The van der Waals surface area contributed by atoms with E-state index in [0.29, 0.717) is 18.3 Å². The molecule has 0 radical (unpaired) electrons. The van der Waals surface area contributed by atoms with Crippen molar-refractivity contribution < 1.29 is 9.53 Å². The average Bonchev–Trinajstić information content (AvgIpc) is 2.67. The number of pyridine rings is 1. The average molecular weight is 360 g/mol. The van der Waals surface area contributed by atoms with Crippen LogP contribution >= 0.6 is 0 Å². The quantitative estimate of drug-likeness (QED) is 0.876. The van der Waals surface area contributed by atoms with Crippen LogP contribution in [-0.4, -0.2) is 47.1 Å². The van der Waals surface area contributed by atoms with Gasteiger partial charge < -0.3 is 15.4 Å². The number of hydrogen-bond acceptors (Lipinski definition) is 4. The van der Waals surface area contributed by atoms with E-state index in [0.717, 1.165) is 44.1 Å². The number of likely N-dealkylation sites (tertiary alicyclic amines) is 1. The van der Waals surface area contributed by atoms with Crippen LogP contribution in [0.2, 0.25) is 0 Å². The van der Waals surface area contributed by atoms with Crippen molar-refractivity contribution in [3.05, 3.63) is 30.1 Å². The molecule has 1 aliphatic carbocycles. The zero-order valence-electron chi connectivity index (χ0n) is 16.1. The largest absolute Gasteiger partial charge is 0.376 e. The lowest BCUT2D eigenvalue weighted by molar-refractivity contribution is -0.0268. The summed E-state index contributed by atoms with van der Waals surface area (Å²) in [5, 5.41) is 0. The minimum absolute atomic E-state index is 0.0172. The van der Waals surface area contributed by atoms with E-state index in [-0.39, 0.29) is 18.0 Å². The maximum atomic E-state index is 12.9. The van der Waals surface area contributed by atoms with Crippen molar-refractivity contribution in [3.63, 3.8) is 0 Å². The Morgan fingerprint density at radius 1 is 1.31 bits per heavy atom. The molecule has 1 amide bonds. The second kappa shape index (κ2) is 8.96. The molecule has 3 rings (SSSR count). The van der Waals surface area contributed by atoms with Gasteiger partial charge in [0.1, 0.15) is 0 Å². The Balaban J connectivity index is 1.58. The van der Waals surface area contributed by atoms with Crippen LogP contribution in [0.1, 0.15) is 62.7 Å². The first kappa shape index (κ1) is 19.3. The number of hydrogen-bond donors (Lipinski definition) is 1. The number of carbonyl (C=O) groups excluding carboxylic acids is 1. The number of nitrogens with zero attached hydrogens (tertiary/aromatic N) is 2.